The molecule has 1 fully saturated rings. The molecular weight excluding hydrogens is 309 g/mol. The highest BCUT2D eigenvalue weighted by atomic mass is 35.7. The van der Waals surface area contributed by atoms with Gasteiger partial charge in [0.15, 0.2) is 18.2 Å². The lowest BCUT2D eigenvalue weighted by atomic mass is 10.3. The summed E-state index contributed by atoms with van der Waals surface area (Å²) >= 11 is 0. The van der Waals surface area contributed by atoms with E-state index in [0.29, 0.717) is 13.1 Å². The number of hydrogen-bond donors (Lipinski definition) is 0. The summed E-state index contributed by atoms with van der Waals surface area (Å²) < 4.78 is 40.8. The van der Waals surface area contributed by atoms with Gasteiger partial charge in [0.1, 0.15) is 0 Å². The van der Waals surface area contributed by atoms with E-state index in [-0.39, 0.29) is 23.2 Å². The average Bonchev–Trinajstić information content (AvgIpc) is 2.89. The fourth-order valence-electron chi connectivity index (χ4n) is 1.95. The first kappa shape index (κ1) is 15.1. The predicted octanol–water partition coefficient (Wildman–Crippen LogP) is 1.75. The van der Waals surface area contributed by atoms with E-state index in [1.54, 1.807) is 4.90 Å². The second-order valence-electron chi connectivity index (χ2n) is 4.41. The minimum absolute atomic E-state index is 0.179. The summed E-state index contributed by atoms with van der Waals surface area (Å²) in [7, 11) is 1.12. The summed E-state index contributed by atoms with van der Waals surface area (Å²) in [5.41, 5.74) is 0. The Balaban J connectivity index is 2.01. The van der Waals surface area contributed by atoms with Gasteiger partial charge >= 0.3 is 0 Å². The summed E-state index contributed by atoms with van der Waals surface area (Å²) in [4.78, 5) is 13.0. The molecule has 0 atom stereocenters. The highest BCUT2D eigenvalue weighted by Gasteiger charge is 2.19. The van der Waals surface area contributed by atoms with Crippen LogP contribution >= 0.6 is 10.7 Å². The van der Waals surface area contributed by atoms with Gasteiger partial charge in [-0.05, 0) is 31.0 Å². The van der Waals surface area contributed by atoms with Gasteiger partial charge in [0.05, 0.1) is 4.90 Å². The van der Waals surface area contributed by atoms with Gasteiger partial charge in [0, 0.05) is 23.8 Å². The first-order valence-corrected chi connectivity index (χ1v) is 8.33. The van der Waals surface area contributed by atoms with Crippen molar-refractivity contribution in [3.8, 4) is 5.75 Å². The molecule has 0 aliphatic carbocycles. The Hall–Kier alpha value is -1.34. The highest BCUT2D eigenvalue weighted by Crippen LogP contribution is 2.23. The number of ether oxygens (including phenoxy) is 1. The smallest absolute Gasteiger partial charge is 0.261 e. The predicted molar refractivity (Wildman–Crippen MR) is 70.7 cm³/mol. The van der Waals surface area contributed by atoms with E-state index >= 15 is 0 Å². The molecule has 1 aromatic rings. The van der Waals surface area contributed by atoms with Gasteiger partial charge in [-0.1, -0.05) is 0 Å². The van der Waals surface area contributed by atoms with Gasteiger partial charge in [-0.25, -0.2) is 12.8 Å². The molecule has 20 heavy (non-hydrogen) atoms. The zero-order valence-corrected chi connectivity index (χ0v) is 12.1. The normalized spacial score (nSPS) is 15.4. The molecule has 1 aliphatic rings. The molecular formula is C12H13ClFNO4S. The van der Waals surface area contributed by atoms with Crippen LogP contribution < -0.4 is 4.74 Å². The second-order valence-corrected chi connectivity index (χ2v) is 6.97. The monoisotopic (exact) mass is 321 g/mol. The van der Waals surface area contributed by atoms with E-state index in [2.05, 4.69) is 0 Å². The van der Waals surface area contributed by atoms with Crippen molar-refractivity contribution in [2.45, 2.75) is 17.7 Å². The number of hydrogen-bond acceptors (Lipinski definition) is 4. The Kier molecular flexibility index (Phi) is 4.49. The maximum absolute atomic E-state index is 13.6. The SMILES string of the molecule is O=C(COc1ccc(S(=O)(=O)Cl)cc1F)N1CCCC1. The third kappa shape index (κ3) is 3.61. The van der Waals surface area contributed by atoms with Crippen LogP contribution in [0.25, 0.3) is 0 Å². The van der Waals surface area contributed by atoms with Crippen molar-refractivity contribution in [2.75, 3.05) is 19.7 Å². The van der Waals surface area contributed by atoms with Crippen molar-refractivity contribution in [1.82, 2.24) is 4.90 Å². The zero-order valence-electron chi connectivity index (χ0n) is 10.5. The van der Waals surface area contributed by atoms with Gasteiger partial charge in [-0.3, -0.25) is 4.79 Å². The van der Waals surface area contributed by atoms with Gasteiger partial charge in [-0.15, -0.1) is 0 Å². The third-order valence-electron chi connectivity index (χ3n) is 2.99. The van der Waals surface area contributed by atoms with E-state index in [1.807, 2.05) is 0 Å². The van der Waals surface area contributed by atoms with E-state index in [9.17, 15) is 17.6 Å². The lowest BCUT2D eigenvalue weighted by molar-refractivity contribution is -0.132. The van der Waals surface area contributed by atoms with Crippen molar-refractivity contribution in [3.63, 3.8) is 0 Å². The van der Waals surface area contributed by atoms with Crippen LogP contribution in [0.2, 0.25) is 0 Å². The number of benzene rings is 1. The minimum atomic E-state index is -3.98. The van der Waals surface area contributed by atoms with Gasteiger partial charge in [0.2, 0.25) is 0 Å². The van der Waals surface area contributed by atoms with Crippen LogP contribution in [0.4, 0.5) is 4.39 Å². The molecule has 0 spiro atoms. The Morgan fingerprint density at radius 1 is 1.35 bits per heavy atom. The van der Waals surface area contributed by atoms with Crippen LogP contribution in [0.3, 0.4) is 0 Å². The summed E-state index contributed by atoms with van der Waals surface area (Å²) in [5, 5.41) is 0. The van der Waals surface area contributed by atoms with E-state index in [1.165, 1.54) is 0 Å². The Bertz CT molecular complexity index is 614. The first-order valence-electron chi connectivity index (χ1n) is 6.03. The average molecular weight is 322 g/mol. The Morgan fingerprint density at radius 3 is 2.55 bits per heavy atom. The molecule has 0 aromatic heterocycles. The molecule has 1 aliphatic heterocycles. The highest BCUT2D eigenvalue weighted by molar-refractivity contribution is 8.13. The molecule has 0 saturated carbocycles. The number of carbonyl (C=O) groups is 1. The molecule has 0 radical (unpaired) electrons. The number of halogens is 2. The van der Waals surface area contributed by atoms with Gasteiger partial charge < -0.3 is 9.64 Å². The van der Waals surface area contributed by atoms with Crippen LogP contribution in [-0.2, 0) is 13.8 Å². The maximum Gasteiger partial charge on any atom is 0.261 e. The maximum atomic E-state index is 13.6. The molecule has 1 aromatic carbocycles. The van der Waals surface area contributed by atoms with E-state index < -0.39 is 14.9 Å². The van der Waals surface area contributed by atoms with Crippen molar-refractivity contribution in [1.29, 1.82) is 0 Å². The molecule has 5 nitrogen and oxygen atoms in total. The third-order valence-corrected chi connectivity index (χ3v) is 4.35. The largest absolute Gasteiger partial charge is 0.481 e. The number of amides is 1. The minimum Gasteiger partial charge on any atom is -0.481 e. The van der Waals surface area contributed by atoms with Crippen LogP contribution in [0.5, 0.6) is 5.75 Å². The Labute approximate surface area is 120 Å². The molecule has 0 unspecified atom stereocenters. The standard InChI is InChI=1S/C12H13ClFNO4S/c13-20(17,18)9-3-4-11(10(14)7-9)19-8-12(16)15-5-1-2-6-15/h3-4,7H,1-2,5-6,8H2. The first-order chi connectivity index (χ1) is 9.38. The number of rotatable bonds is 4. The van der Waals surface area contributed by atoms with Crippen LogP contribution in [-0.4, -0.2) is 38.9 Å². The topological polar surface area (TPSA) is 63.7 Å². The molecule has 1 saturated heterocycles. The summed E-state index contributed by atoms with van der Waals surface area (Å²) in [6, 6.07) is 3.03. The van der Waals surface area contributed by atoms with E-state index in [4.69, 9.17) is 15.4 Å². The fourth-order valence-corrected chi connectivity index (χ4v) is 2.71. The quantitative estimate of drug-likeness (QED) is 0.793. The molecule has 110 valence electrons. The number of likely N-dealkylation sites (tertiary alicyclic amines) is 1. The van der Waals surface area contributed by atoms with Gasteiger partial charge in [-0.2, -0.15) is 0 Å². The molecule has 0 bridgehead atoms. The lowest BCUT2D eigenvalue weighted by Gasteiger charge is -2.15. The van der Waals surface area contributed by atoms with Crippen molar-refractivity contribution < 1.29 is 22.3 Å². The Morgan fingerprint density at radius 2 is 2.00 bits per heavy atom. The summed E-state index contributed by atoms with van der Waals surface area (Å²) in [6.07, 6.45) is 1.92. The van der Waals surface area contributed by atoms with Crippen molar-refractivity contribution in [2.24, 2.45) is 0 Å². The van der Waals surface area contributed by atoms with E-state index in [0.717, 1.165) is 31.0 Å². The van der Waals surface area contributed by atoms with Crippen molar-refractivity contribution in [3.05, 3.63) is 24.0 Å². The number of carbonyl (C=O) groups excluding carboxylic acids is 1. The molecule has 2 rings (SSSR count). The molecule has 1 heterocycles. The second kappa shape index (κ2) is 5.97. The summed E-state index contributed by atoms with van der Waals surface area (Å²) in [6.45, 7) is 1.10. The van der Waals surface area contributed by atoms with Crippen LogP contribution in [0.15, 0.2) is 23.1 Å². The molecule has 1 amide bonds. The van der Waals surface area contributed by atoms with Gasteiger partial charge in [0.25, 0.3) is 15.0 Å². The lowest BCUT2D eigenvalue weighted by Crippen LogP contribution is -2.32. The molecule has 8 heteroatoms. The molecule has 0 N–H and O–H groups in total. The van der Waals surface area contributed by atoms with Crippen LogP contribution in [0, 0.1) is 5.82 Å². The number of nitrogens with zero attached hydrogens (tertiary/aromatic N) is 1. The zero-order chi connectivity index (χ0) is 14.8. The summed E-state index contributed by atoms with van der Waals surface area (Å²) in [5.74, 6) is -1.27. The van der Waals surface area contributed by atoms with Crippen molar-refractivity contribution >= 4 is 25.6 Å². The fraction of sp³-hybridized carbons (Fsp3) is 0.417. The van der Waals surface area contributed by atoms with Crippen LogP contribution in [0.1, 0.15) is 12.8 Å².